The molecule has 5 rings (SSSR count). The van der Waals surface area contributed by atoms with Gasteiger partial charge in [0.1, 0.15) is 4.83 Å². The smallest absolute Gasteiger partial charge is 0.261 e. The van der Waals surface area contributed by atoms with Gasteiger partial charge in [-0.15, -0.1) is 22.1 Å². The van der Waals surface area contributed by atoms with Crippen molar-refractivity contribution in [3.8, 4) is 5.69 Å². The molecule has 2 aromatic heterocycles. The van der Waals surface area contributed by atoms with Crippen molar-refractivity contribution in [1.82, 2.24) is 19.4 Å². The van der Waals surface area contributed by atoms with Gasteiger partial charge in [-0.1, -0.05) is 18.2 Å². The SMILES string of the molecule is Cc1nn(-c2ccccc2)c2sc(C(=O)NC3CCC(N4CCCS4(O)O)CC3)cc12. The lowest BCUT2D eigenvalue weighted by Crippen LogP contribution is -2.43. The van der Waals surface area contributed by atoms with Crippen LogP contribution in [-0.4, -0.2) is 53.5 Å². The van der Waals surface area contributed by atoms with Crippen LogP contribution in [-0.2, 0) is 0 Å². The van der Waals surface area contributed by atoms with Crippen molar-refractivity contribution in [3.05, 3.63) is 47.0 Å². The Morgan fingerprint density at radius 3 is 2.61 bits per heavy atom. The predicted octanol–water partition coefficient (Wildman–Crippen LogP) is 4.81. The number of nitrogens with zero attached hydrogens (tertiary/aromatic N) is 3. The predicted molar refractivity (Wildman–Crippen MR) is 126 cm³/mol. The van der Waals surface area contributed by atoms with Gasteiger partial charge >= 0.3 is 0 Å². The Morgan fingerprint density at radius 2 is 1.94 bits per heavy atom. The van der Waals surface area contributed by atoms with E-state index in [4.69, 9.17) is 0 Å². The number of amides is 1. The average molecular weight is 461 g/mol. The first kappa shape index (κ1) is 21.0. The summed E-state index contributed by atoms with van der Waals surface area (Å²) in [7, 11) is -2.57. The molecule has 1 aromatic carbocycles. The number of hydrogen-bond donors (Lipinski definition) is 3. The second kappa shape index (κ2) is 8.22. The van der Waals surface area contributed by atoms with Gasteiger partial charge in [0.25, 0.3) is 5.91 Å². The normalized spacial score (nSPS) is 25.0. The van der Waals surface area contributed by atoms with Crippen LogP contribution in [0.3, 0.4) is 0 Å². The van der Waals surface area contributed by atoms with Crippen LogP contribution >= 0.6 is 22.1 Å². The molecule has 3 aromatic rings. The second-order valence-electron chi connectivity index (χ2n) is 8.47. The van der Waals surface area contributed by atoms with Gasteiger partial charge in [-0.2, -0.15) is 5.10 Å². The second-order valence-corrected chi connectivity index (χ2v) is 11.6. The van der Waals surface area contributed by atoms with Crippen LogP contribution in [0.2, 0.25) is 0 Å². The number of benzene rings is 1. The molecule has 1 saturated carbocycles. The number of aryl methyl sites for hydroxylation is 1. The molecule has 1 saturated heterocycles. The van der Waals surface area contributed by atoms with E-state index in [1.807, 2.05) is 52.3 Å². The quantitative estimate of drug-likeness (QED) is 0.520. The van der Waals surface area contributed by atoms with Crippen molar-refractivity contribution in [3.63, 3.8) is 0 Å². The standard InChI is InChI=1S/C22H28N4O3S2/c1-15-19-14-20(30-22(19)26(24-15)18-6-3-2-4-7-18)21(27)23-16-8-10-17(11-9-16)25-12-5-13-31(25,28)29/h2-4,6-7,14,16-17,28-29H,5,8-13H2,1H3,(H,23,27). The zero-order valence-corrected chi connectivity index (χ0v) is 19.2. The summed E-state index contributed by atoms with van der Waals surface area (Å²) in [6, 6.07) is 12.3. The molecule has 0 radical (unpaired) electrons. The minimum absolute atomic E-state index is 0.0332. The van der Waals surface area contributed by atoms with Crippen LogP contribution in [0.1, 0.15) is 47.5 Å². The van der Waals surface area contributed by atoms with Crippen molar-refractivity contribution >= 4 is 38.2 Å². The summed E-state index contributed by atoms with van der Waals surface area (Å²) in [5, 5.41) is 8.86. The van der Waals surface area contributed by atoms with E-state index in [0.717, 1.165) is 60.2 Å². The van der Waals surface area contributed by atoms with E-state index in [-0.39, 0.29) is 18.0 Å². The van der Waals surface area contributed by atoms with E-state index < -0.39 is 10.8 Å². The van der Waals surface area contributed by atoms with Crippen molar-refractivity contribution < 1.29 is 13.9 Å². The number of fused-ring (bicyclic) bond motifs is 1. The zero-order valence-electron chi connectivity index (χ0n) is 17.5. The van der Waals surface area contributed by atoms with Gasteiger partial charge in [-0.3, -0.25) is 13.9 Å². The highest BCUT2D eigenvalue weighted by atomic mass is 32.3. The molecule has 2 aliphatic rings. The minimum atomic E-state index is -2.57. The summed E-state index contributed by atoms with van der Waals surface area (Å²) in [5.41, 5.74) is 1.90. The molecule has 0 spiro atoms. The Balaban J connectivity index is 1.26. The molecule has 1 amide bonds. The highest BCUT2D eigenvalue weighted by molar-refractivity contribution is 8.22. The topological polar surface area (TPSA) is 90.6 Å². The summed E-state index contributed by atoms with van der Waals surface area (Å²) in [4.78, 5) is 14.7. The molecule has 0 atom stereocenters. The average Bonchev–Trinajstić information content (AvgIpc) is 3.44. The maximum absolute atomic E-state index is 13.0. The molecule has 9 heteroatoms. The molecule has 166 valence electrons. The summed E-state index contributed by atoms with van der Waals surface area (Å²) in [5.74, 6) is 0.462. The Hall–Kier alpha value is -1.91. The van der Waals surface area contributed by atoms with Crippen molar-refractivity contribution in [2.24, 2.45) is 0 Å². The Morgan fingerprint density at radius 1 is 1.19 bits per heavy atom. The van der Waals surface area contributed by atoms with Crippen molar-refractivity contribution in [1.29, 1.82) is 0 Å². The number of para-hydroxylation sites is 1. The molecular weight excluding hydrogens is 432 g/mol. The number of thiophene rings is 1. The molecule has 3 heterocycles. The first-order valence-corrected chi connectivity index (χ1v) is 13.3. The fraction of sp³-hybridized carbons (Fsp3) is 0.455. The number of carbonyl (C=O) groups is 1. The summed E-state index contributed by atoms with van der Waals surface area (Å²) in [6.07, 6.45) is 4.35. The van der Waals surface area contributed by atoms with Crippen LogP contribution in [0.25, 0.3) is 15.9 Å². The van der Waals surface area contributed by atoms with Gasteiger partial charge in [0.2, 0.25) is 0 Å². The van der Waals surface area contributed by atoms with Crippen LogP contribution < -0.4 is 5.32 Å². The number of rotatable bonds is 4. The van der Waals surface area contributed by atoms with Crippen molar-refractivity contribution in [2.45, 2.75) is 51.1 Å². The van der Waals surface area contributed by atoms with E-state index in [2.05, 4.69) is 10.4 Å². The Bertz CT molecular complexity index is 1090. The van der Waals surface area contributed by atoms with Crippen LogP contribution in [0.15, 0.2) is 36.4 Å². The lowest BCUT2D eigenvalue weighted by molar-refractivity contribution is 0.0922. The number of hydrogen-bond acceptors (Lipinski definition) is 6. The molecule has 1 aliphatic carbocycles. The molecule has 7 nitrogen and oxygen atoms in total. The van der Waals surface area contributed by atoms with Gasteiger partial charge < -0.3 is 5.32 Å². The van der Waals surface area contributed by atoms with Crippen molar-refractivity contribution in [2.75, 3.05) is 12.3 Å². The van der Waals surface area contributed by atoms with Gasteiger partial charge in [0.05, 0.1) is 22.0 Å². The van der Waals surface area contributed by atoms with Crippen LogP contribution in [0.4, 0.5) is 0 Å². The highest BCUT2D eigenvalue weighted by Crippen LogP contribution is 2.51. The first-order valence-electron chi connectivity index (χ1n) is 10.8. The zero-order chi connectivity index (χ0) is 21.6. The summed E-state index contributed by atoms with van der Waals surface area (Å²) in [6.45, 7) is 2.74. The maximum atomic E-state index is 13.0. The molecule has 1 aliphatic heterocycles. The molecular formula is C22H28N4O3S2. The van der Waals surface area contributed by atoms with E-state index in [9.17, 15) is 13.9 Å². The first-order chi connectivity index (χ1) is 14.9. The fourth-order valence-corrected chi connectivity index (χ4v) is 7.71. The van der Waals surface area contributed by atoms with Gasteiger partial charge in [-0.05, 0) is 57.2 Å². The molecule has 2 fully saturated rings. The van der Waals surface area contributed by atoms with E-state index in [1.54, 1.807) is 0 Å². The minimum Gasteiger partial charge on any atom is -0.349 e. The Labute approximate surface area is 187 Å². The summed E-state index contributed by atoms with van der Waals surface area (Å²) < 4.78 is 24.3. The number of aromatic nitrogens is 2. The van der Waals surface area contributed by atoms with Gasteiger partial charge in [0, 0.05) is 24.0 Å². The number of carbonyl (C=O) groups excluding carboxylic acids is 1. The Kier molecular flexibility index (Phi) is 5.56. The largest absolute Gasteiger partial charge is 0.349 e. The highest BCUT2D eigenvalue weighted by Gasteiger charge is 2.37. The van der Waals surface area contributed by atoms with Crippen LogP contribution in [0, 0.1) is 6.92 Å². The monoisotopic (exact) mass is 460 g/mol. The maximum Gasteiger partial charge on any atom is 0.261 e. The summed E-state index contributed by atoms with van der Waals surface area (Å²) >= 11 is 1.47. The van der Waals surface area contributed by atoms with E-state index >= 15 is 0 Å². The molecule has 3 N–H and O–H groups in total. The molecule has 0 unspecified atom stereocenters. The van der Waals surface area contributed by atoms with Gasteiger partial charge in [0.15, 0.2) is 0 Å². The van der Waals surface area contributed by atoms with E-state index in [0.29, 0.717) is 10.6 Å². The van der Waals surface area contributed by atoms with E-state index in [1.165, 1.54) is 11.3 Å². The molecule has 31 heavy (non-hydrogen) atoms. The van der Waals surface area contributed by atoms with Gasteiger partial charge in [-0.25, -0.2) is 8.99 Å². The molecule has 0 bridgehead atoms. The third kappa shape index (κ3) is 4.01. The fourth-order valence-electron chi connectivity index (χ4n) is 4.77. The lowest BCUT2D eigenvalue weighted by Gasteiger charge is -2.44. The number of nitrogens with one attached hydrogen (secondary N) is 1. The van der Waals surface area contributed by atoms with Crippen LogP contribution in [0.5, 0.6) is 0 Å². The third-order valence-electron chi connectivity index (χ3n) is 6.38. The lowest BCUT2D eigenvalue weighted by atomic mass is 9.91. The third-order valence-corrected chi connectivity index (χ3v) is 9.56.